The molecule has 3 aromatic rings. The topological polar surface area (TPSA) is 50.3 Å². The van der Waals surface area contributed by atoms with Crippen LogP contribution in [0.5, 0.6) is 0 Å². The number of thiophene rings is 1. The minimum Gasteiger partial charge on any atom is -0.288 e. The SMILES string of the molecule is CC(=O)N(c1nc(/C=C/C(=O)c2ccc(Cl)s2)cs1)c1ccc(F)cc1F. The summed E-state index contributed by atoms with van der Waals surface area (Å²) in [6.07, 6.45) is 2.84. The molecule has 0 aliphatic carbocycles. The molecule has 0 aliphatic heterocycles. The number of carbonyl (C=O) groups is 2. The smallest absolute Gasteiger partial charge is 0.230 e. The molecule has 0 fully saturated rings. The average Bonchev–Trinajstić information content (AvgIpc) is 3.24. The third-order valence-electron chi connectivity index (χ3n) is 3.39. The molecule has 0 saturated carbocycles. The molecule has 1 aromatic carbocycles. The van der Waals surface area contributed by atoms with Gasteiger partial charge in [0.05, 0.1) is 20.6 Å². The second kappa shape index (κ2) is 8.08. The molecule has 0 atom stereocenters. The van der Waals surface area contributed by atoms with E-state index in [9.17, 15) is 18.4 Å². The van der Waals surface area contributed by atoms with Gasteiger partial charge in [-0.2, -0.15) is 0 Å². The molecule has 4 nitrogen and oxygen atoms in total. The lowest BCUT2D eigenvalue weighted by Crippen LogP contribution is -2.23. The van der Waals surface area contributed by atoms with Crippen LogP contribution in [0.1, 0.15) is 22.3 Å². The summed E-state index contributed by atoms with van der Waals surface area (Å²) in [4.78, 5) is 29.9. The second-order valence-corrected chi connectivity index (χ2v) is 7.86. The van der Waals surface area contributed by atoms with E-state index < -0.39 is 17.5 Å². The second-order valence-electron chi connectivity index (χ2n) is 5.31. The van der Waals surface area contributed by atoms with Crippen molar-refractivity contribution in [2.45, 2.75) is 6.92 Å². The van der Waals surface area contributed by atoms with Crippen molar-refractivity contribution in [3.63, 3.8) is 0 Å². The molecule has 0 bridgehead atoms. The Labute approximate surface area is 166 Å². The third kappa shape index (κ3) is 4.47. The zero-order chi connectivity index (χ0) is 19.6. The number of anilines is 2. The molecule has 2 aromatic heterocycles. The van der Waals surface area contributed by atoms with Crippen LogP contribution in [0.4, 0.5) is 19.6 Å². The molecule has 138 valence electrons. The highest BCUT2D eigenvalue weighted by atomic mass is 35.5. The summed E-state index contributed by atoms with van der Waals surface area (Å²) in [5.41, 5.74) is 0.331. The summed E-state index contributed by atoms with van der Waals surface area (Å²) in [5, 5.41) is 1.83. The number of rotatable bonds is 5. The third-order valence-corrected chi connectivity index (χ3v) is 5.48. The quantitative estimate of drug-likeness (QED) is 0.389. The first kappa shape index (κ1) is 19.3. The van der Waals surface area contributed by atoms with Crippen LogP contribution in [0.2, 0.25) is 4.34 Å². The average molecular weight is 425 g/mol. The number of ketones is 1. The van der Waals surface area contributed by atoms with Gasteiger partial charge in [-0.1, -0.05) is 11.6 Å². The van der Waals surface area contributed by atoms with Crippen molar-refractivity contribution in [1.29, 1.82) is 0 Å². The maximum absolute atomic E-state index is 14.1. The Hall–Kier alpha value is -2.42. The normalized spacial score (nSPS) is 11.1. The fourth-order valence-electron chi connectivity index (χ4n) is 2.22. The predicted molar refractivity (Wildman–Crippen MR) is 104 cm³/mol. The van der Waals surface area contributed by atoms with Crippen molar-refractivity contribution in [2.24, 2.45) is 0 Å². The molecule has 0 radical (unpaired) electrons. The van der Waals surface area contributed by atoms with Gasteiger partial charge >= 0.3 is 0 Å². The Kier molecular flexibility index (Phi) is 5.79. The fourth-order valence-corrected chi connectivity index (χ4v) is 4.03. The minimum atomic E-state index is -0.873. The lowest BCUT2D eigenvalue weighted by Gasteiger charge is -2.18. The molecule has 9 heteroatoms. The van der Waals surface area contributed by atoms with E-state index in [0.717, 1.165) is 22.3 Å². The van der Waals surface area contributed by atoms with Crippen molar-refractivity contribution in [2.75, 3.05) is 4.90 Å². The largest absolute Gasteiger partial charge is 0.288 e. The highest BCUT2D eigenvalue weighted by molar-refractivity contribution is 7.18. The van der Waals surface area contributed by atoms with Crippen LogP contribution in [-0.4, -0.2) is 16.7 Å². The van der Waals surface area contributed by atoms with Gasteiger partial charge in [0.2, 0.25) is 5.91 Å². The molecule has 3 rings (SSSR count). The summed E-state index contributed by atoms with van der Waals surface area (Å²) in [6.45, 7) is 1.25. The Bertz CT molecular complexity index is 1050. The van der Waals surface area contributed by atoms with E-state index in [1.807, 2.05) is 0 Å². The molecule has 0 N–H and O–H groups in total. The van der Waals surface area contributed by atoms with Crippen molar-refractivity contribution in [1.82, 2.24) is 4.98 Å². The van der Waals surface area contributed by atoms with E-state index in [1.165, 1.54) is 36.5 Å². The Morgan fingerprint density at radius 3 is 2.63 bits per heavy atom. The van der Waals surface area contributed by atoms with E-state index in [1.54, 1.807) is 17.5 Å². The number of hydrogen-bond acceptors (Lipinski definition) is 5. The van der Waals surface area contributed by atoms with Crippen LogP contribution in [0.3, 0.4) is 0 Å². The van der Waals surface area contributed by atoms with Gasteiger partial charge in [0.25, 0.3) is 0 Å². The van der Waals surface area contributed by atoms with Gasteiger partial charge in [-0.3, -0.25) is 14.5 Å². The van der Waals surface area contributed by atoms with Gasteiger partial charge < -0.3 is 0 Å². The van der Waals surface area contributed by atoms with E-state index in [-0.39, 0.29) is 16.6 Å². The van der Waals surface area contributed by atoms with Crippen LogP contribution in [-0.2, 0) is 4.79 Å². The number of hydrogen-bond donors (Lipinski definition) is 0. The van der Waals surface area contributed by atoms with Crippen LogP contribution in [0, 0.1) is 11.6 Å². The Morgan fingerprint density at radius 1 is 1.22 bits per heavy atom. The Balaban J connectivity index is 1.85. The molecule has 0 aliphatic rings. The number of thiazole rings is 1. The monoisotopic (exact) mass is 424 g/mol. The molecule has 0 spiro atoms. The van der Waals surface area contributed by atoms with Gasteiger partial charge in [0, 0.05) is 18.4 Å². The number of aromatic nitrogens is 1. The number of benzene rings is 1. The summed E-state index contributed by atoms with van der Waals surface area (Å²) in [5.74, 6) is -2.32. The van der Waals surface area contributed by atoms with Crippen molar-refractivity contribution in [3.05, 3.63) is 68.3 Å². The number of allylic oxidation sites excluding steroid dienone is 1. The number of carbonyl (C=O) groups excluding carboxylic acids is 2. The van der Waals surface area contributed by atoms with E-state index in [0.29, 0.717) is 21.0 Å². The van der Waals surface area contributed by atoms with Crippen molar-refractivity contribution >= 4 is 62.9 Å². The summed E-state index contributed by atoms with van der Waals surface area (Å²) in [7, 11) is 0. The molecule has 0 unspecified atom stereocenters. The highest BCUT2D eigenvalue weighted by Gasteiger charge is 2.21. The first-order chi connectivity index (χ1) is 12.8. The van der Waals surface area contributed by atoms with Crippen LogP contribution >= 0.6 is 34.3 Å². The van der Waals surface area contributed by atoms with Gasteiger partial charge in [-0.25, -0.2) is 13.8 Å². The minimum absolute atomic E-state index is 0.0990. The molecular weight excluding hydrogens is 414 g/mol. The van der Waals surface area contributed by atoms with Gasteiger partial charge in [-0.05, 0) is 36.4 Å². The van der Waals surface area contributed by atoms with Gasteiger partial charge in [0.1, 0.15) is 11.6 Å². The standard InChI is InChI=1S/C18H11ClF2N2O2S2/c1-10(24)23(14-4-2-11(20)8-13(14)21)18-22-12(9-26-18)3-5-15(25)16-6-7-17(19)27-16/h2-9H,1H3/b5-3+. The molecule has 27 heavy (non-hydrogen) atoms. The fraction of sp³-hybridized carbons (Fsp3) is 0.0556. The van der Waals surface area contributed by atoms with Gasteiger partial charge in [-0.15, -0.1) is 22.7 Å². The van der Waals surface area contributed by atoms with Crippen LogP contribution < -0.4 is 4.90 Å². The Morgan fingerprint density at radius 2 is 2.00 bits per heavy atom. The van der Waals surface area contributed by atoms with E-state index >= 15 is 0 Å². The summed E-state index contributed by atoms with van der Waals surface area (Å²) >= 11 is 8.07. The van der Waals surface area contributed by atoms with Crippen molar-refractivity contribution < 1.29 is 18.4 Å². The summed E-state index contributed by atoms with van der Waals surface area (Å²) < 4.78 is 27.7. The zero-order valence-corrected chi connectivity index (χ0v) is 16.2. The first-order valence-electron chi connectivity index (χ1n) is 7.54. The highest BCUT2D eigenvalue weighted by Crippen LogP contribution is 2.31. The first-order valence-corrected chi connectivity index (χ1v) is 9.61. The maximum Gasteiger partial charge on any atom is 0.230 e. The molecule has 0 saturated heterocycles. The van der Waals surface area contributed by atoms with Crippen molar-refractivity contribution in [3.8, 4) is 0 Å². The number of nitrogens with zero attached hydrogens (tertiary/aromatic N) is 2. The molecule has 2 heterocycles. The number of halogens is 3. The lowest BCUT2D eigenvalue weighted by molar-refractivity contribution is -0.115. The van der Waals surface area contributed by atoms with E-state index in [2.05, 4.69) is 4.98 Å². The van der Waals surface area contributed by atoms with Gasteiger partial charge in [0.15, 0.2) is 10.9 Å². The number of amides is 1. The van der Waals surface area contributed by atoms with E-state index in [4.69, 9.17) is 11.6 Å². The molecule has 1 amide bonds. The lowest BCUT2D eigenvalue weighted by atomic mass is 10.2. The maximum atomic E-state index is 14.1. The predicted octanol–water partition coefficient (Wildman–Crippen LogP) is 5.72. The van der Waals surface area contributed by atoms with Crippen LogP contribution in [0.15, 0.2) is 41.8 Å². The summed E-state index contributed by atoms with van der Waals surface area (Å²) in [6, 6.07) is 6.20. The molecular formula is C18H11ClF2N2O2S2. The zero-order valence-electron chi connectivity index (χ0n) is 13.8. The van der Waals surface area contributed by atoms with Crippen LogP contribution in [0.25, 0.3) is 6.08 Å².